The highest BCUT2D eigenvalue weighted by Gasteiger charge is 2.30. The molecule has 1 aromatic carbocycles. The molecule has 1 heterocycles. The third-order valence-electron chi connectivity index (χ3n) is 2.61. The zero-order valence-corrected chi connectivity index (χ0v) is 9.77. The Bertz CT molecular complexity index is 375. The number of hydrogen-bond acceptors (Lipinski definition) is 2. The van der Waals surface area contributed by atoms with Gasteiger partial charge in [0.2, 0.25) is 0 Å². The van der Waals surface area contributed by atoms with Crippen LogP contribution in [0.1, 0.15) is 10.4 Å². The molecule has 0 spiro atoms. The molecule has 0 unspecified atom stereocenters. The van der Waals surface area contributed by atoms with Crippen LogP contribution in [0.5, 0.6) is 0 Å². The molecule has 15 heavy (non-hydrogen) atoms. The molecule has 0 aliphatic carbocycles. The summed E-state index contributed by atoms with van der Waals surface area (Å²) in [5.74, 6) is 0.295. The van der Waals surface area contributed by atoms with Crippen LogP contribution in [0, 0.1) is 5.92 Å². The standard InChI is InChI=1S/C11H12BrNO2/c12-10-4-2-1-3-9(10)11(15)13-5-8(6-13)7-14/h1-4,8,14H,5-7H2. The van der Waals surface area contributed by atoms with E-state index < -0.39 is 0 Å². The maximum Gasteiger partial charge on any atom is 0.255 e. The lowest BCUT2D eigenvalue weighted by atomic mass is 10.00. The van der Waals surface area contributed by atoms with E-state index in [1.165, 1.54) is 0 Å². The Hall–Kier alpha value is -0.870. The van der Waals surface area contributed by atoms with Crippen LogP contribution in [0.4, 0.5) is 0 Å². The van der Waals surface area contributed by atoms with E-state index in [0.29, 0.717) is 18.7 Å². The second kappa shape index (κ2) is 4.33. The van der Waals surface area contributed by atoms with Gasteiger partial charge in [0.05, 0.1) is 5.56 Å². The van der Waals surface area contributed by atoms with Gasteiger partial charge in [0.25, 0.3) is 5.91 Å². The third-order valence-corrected chi connectivity index (χ3v) is 3.30. The molecule has 2 rings (SSSR count). The molecule has 0 saturated carbocycles. The van der Waals surface area contributed by atoms with Crippen molar-refractivity contribution in [3.8, 4) is 0 Å². The van der Waals surface area contributed by atoms with Crippen LogP contribution < -0.4 is 0 Å². The summed E-state index contributed by atoms with van der Waals surface area (Å²) >= 11 is 3.35. The van der Waals surface area contributed by atoms with Gasteiger partial charge in [-0.2, -0.15) is 0 Å². The fourth-order valence-corrected chi connectivity index (χ4v) is 2.11. The van der Waals surface area contributed by atoms with E-state index in [9.17, 15) is 4.79 Å². The number of benzene rings is 1. The van der Waals surface area contributed by atoms with Gasteiger partial charge in [-0.25, -0.2) is 0 Å². The van der Waals surface area contributed by atoms with Crippen molar-refractivity contribution in [3.05, 3.63) is 34.3 Å². The van der Waals surface area contributed by atoms with E-state index >= 15 is 0 Å². The predicted molar refractivity (Wildman–Crippen MR) is 60.6 cm³/mol. The number of carbonyl (C=O) groups excluding carboxylic acids is 1. The van der Waals surface area contributed by atoms with E-state index in [2.05, 4.69) is 15.9 Å². The highest BCUT2D eigenvalue weighted by Crippen LogP contribution is 2.22. The van der Waals surface area contributed by atoms with Crippen molar-refractivity contribution >= 4 is 21.8 Å². The average molecular weight is 270 g/mol. The lowest BCUT2D eigenvalue weighted by molar-refractivity contribution is 0.0361. The first-order valence-electron chi connectivity index (χ1n) is 4.87. The van der Waals surface area contributed by atoms with Crippen LogP contribution in [0.3, 0.4) is 0 Å². The molecule has 80 valence electrons. The van der Waals surface area contributed by atoms with Crippen LogP contribution in [-0.2, 0) is 0 Å². The Kier molecular flexibility index (Phi) is 3.07. The van der Waals surface area contributed by atoms with Gasteiger partial charge in [-0.3, -0.25) is 4.79 Å². The average Bonchev–Trinajstić information content (AvgIpc) is 2.16. The molecule has 1 saturated heterocycles. The number of amides is 1. The number of rotatable bonds is 2. The summed E-state index contributed by atoms with van der Waals surface area (Å²) in [6.45, 7) is 1.49. The number of nitrogens with zero attached hydrogens (tertiary/aromatic N) is 1. The molecule has 1 aromatic rings. The number of carbonyl (C=O) groups is 1. The fourth-order valence-electron chi connectivity index (χ4n) is 1.66. The largest absolute Gasteiger partial charge is 0.396 e. The van der Waals surface area contributed by atoms with Gasteiger partial charge in [0.15, 0.2) is 0 Å². The molecular weight excluding hydrogens is 258 g/mol. The van der Waals surface area contributed by atoms with E-state index in [-0.39, 0.29) is 18.4 Å². The second-order valence-corrected chi connectivity index (χ2v) is 4.59. The van der Waals surface area contributed by atoms with Crippen LogP contribution in [0.25, 0.3) is 0 Å². The van der Waals surface area contributed by atoms with Crippen LogP contribution in [0.15, 0.2) is 28.7 Å². The lowest BCUT2D eigenvalue weighted by Crippen LogP contribution is -2.51. The molecule has 4 heteroatoms. The summed E-state index contributed by atoms with van der Waals surface area (Å²) in [7, 11) is 0. The zero-order valence-electron chi connectivity index (χ0n) is 8.19. The molecule has 1 amide bonds. The Labute approximate surface area is 96.8 Å². The first-order valence-corrected chi connectivity index (χ1v) is 5.66. The van der Waals surface area contributed by atoms with Gasteiger partial charge in [-0.05, 0) is 28.1 Å². The summed E-state index contributed by atoms with van der Waals surface area (Å²) in [6, 6.07) is 7.39. The van der Waals surface area contributed by atoms with Gasteiger partial charge < -0.3 is 10.0 Å². The van der Waals surface area contributed by atoms with Gasteiger partial charge in [0.1, 0.15) is 0 Å². The van der Waals surface area contributed by atoms with E-state index in [0.717, 1.165) is 4.47 Å². The summed E-state index contributed by atoms with van der Waals surface area (Å²) in [5, 5.41) is 8.86. The lowest BCUT2D eigenvalue weighted by Gasteiger charge is -2.38. The minimum atomic E-state index is 0.0344. The molecule has 0 radical (unpaired) electrons. The van der Waals surface area contributed by atoms with Crippen LogP contribution in [-0.4, -0.2) is 35.6 Å². The molecule has 3 nitrogen and oxygen atoms in total. The van der Waals surface area contributed by atoms with Crippen molar-refractivity contribution in [2.75, 3.05) is 19.7 Å². The topological polar surface area (TPSA) is 40.5 Å². The Morgan fingerprint density at radius 2 is 2.13 bits per heavy atom. The molecule has 1 fully saturated rings. The van der Waals surface area contributed by atoms with Crippen molar-refractivity contribution in [1.29, 1.82) is 0 Å². The van der Waals surface area contributed by atoms with Gasteiger partial charge >= 0.3 is 0 Å². The third kappa shape index (κ3) is 2.06. The maximum atomic E-state index is 11.9. The SMILES string of the molecule is O=C(c1ccccc1Br)N1CC(CO)C1. The molecule has 1 aliphatic rings. The molecule has 0 aromatic heterocycles. The Balaban J connectivity index is 2.07. The van der Waals surface area contributed by atoms with Gasteiger partial charge in [-0.15, -0.1) is 0 Å². The smallest absolute Gasteiger partial charge is 0.255 e. The fraction of sp³-hybridized carbons (Fsp3) is 0.364. The molecule has 1 aliphatic heterocycles. The first kappa shape index (κ1) is 10.6. The quantitative estimate of drug-likeness (QED) is 0.885. The Morgan fingerprint density at radius 3 is 2.73 bits per heavy atom. The summed E-state index contributed by atoms with van der Waals surface area (Å²) in [5.41, 5.74) is 0.689. The second-order valence-electron chi connectivity index (χ2n) is 3.74. The van der Waals surface area contributed by atoms with Crippen LogP contribution >= 0.6 is 15.9 Å². The molecule has 0 atom stereocenters. The molecule has 1 N–H and O–H groups in total. The van der Waals surface area contributed by atoms with E-state index in [1.54, 1.807) is 11.0 Å². The number of likely N-dealkylation sites (tertiary alicyclic amines) is 1. The van der Waals surface area contributed by atoms with Gasteiger partial charge in [0, 0.05) is 30.1 Å². The first-order chi connectivity index (χ1) is 7.22. The Morgan fingerprint density at radius 1 is 1.47 bits per heavy atom. The number of halogens is 1. The highest BCUT2D eigenvalue weighted by molar-refractivity contribution is 9.10. The normalized spacial score (nSPS) is 16.3. The number of hydrogen-bond donors (Lipinski definition) is 1. The minimum Gasteiger partial charge on any atom is -0.396 e. The number of aliphatic hydroxyl groups excluding tert-OH is 1. The van der Waals surface area contributed by atoms with Crippen molar-refractivity contribution < 1.29 is 9.90 Å². The van der Waals surface area contributed by atoms with Gasteiger partial charge in [-0.1, -0.05) is 12.1 Å². The summed E-state index contributed by atoms with van der Waals surface area (Å²) in [4.78, 5) is 13.7. The van der Waals surface area contributed by atoms with E-state index in [1.807, 2.05) is 18.2 Å². The van der Waals surface area contributed by atoms with Crippen molar-refractivity contribution in [3.63, 3.8) is 0 Å². The summed E-state index contributed by atoms with van der Waals surface area (Å²) in [6.07, 6.45) is 0. The highest BCUT2D eigenvalue weighted by atomic mass is 79.9. The maximum absolute atomic E-state index is 11.9. The predicted octanol–water partition coefficient (Wildman–Crippen LogP) is 1.51. The van der Waals surface area contributed by atoms with Crippen molar-refractivity contribution in [1.82, 2.24) is 4.90 Å². The monoisotopic (exact) mass is 269 g/mol. The number of aliphatic hydroxyl groups is 1. The molecular formula is C11H12BrNO2. The molecule has 0 bridgehead atoms. The van der Waals surface area contributed by atoms with Crippen molar-refractivity contribution in [2.24, 2.45) is 5.92 Å². The van der Waals surface area contributed by atoms with Crippen molar-refractivity contribution in [2.45, 2.75) is 0 Å². The van der Waals surface area contributed by atoms with E-state index in [4.69, 9.17) is 5.11 Å². The zero-order chi connectivity index (χ0) is 10.8. The van der Waals surface area contributed by atoms with Crippen LogP contribution in [0.2, 0.25) is 0 Å². The summed E-state index contributed by atoms with van der Waals surface area (Å²) < 4.78 is 0.822. The minimum absolute atomic E-state index is 0.0344.